The van der Waals surface area contributed by atoms with E-state index in [0.29, 0.717) is 0 Å². The lowest BCUT2D eigenvalue weighted by molar-refractivity contribution is -0.137. The summed E-state index contributed by atoms with van der Waals surface area (Å²) in [4.78, 5) is 12.5. The molecule has 0 atom stereocenters. The van der Waals surface area contributed by atoms with E-state index in [-0.39, 0.29) is 48.3 Å². The number of ether oxygens (including phenoxy) is 2. The van der Waals surface area contributed by atoms with Crippen LogP contribution in [0, 0.1) is 0 Å². The molecule has 0 aliphatic carbocycles. The van der Waals surface area contributed by atoms with Gasteiger partial charge in [-0.1, -0.05) is 36.4 Å². The van der Waals surface area contributed by atoms with Crippen molar-refractivity contribution in [3.8, 4) is 0 Å². The van der Waals surface area contributed by atoms with Gasteiger partial charge in [-0.15, -0.1) is 0 Å². The summed E-state index contributed by atoms with van der Waals surface area (Å²) in [5, 5.41) is 2.81. The number of para-hydroxylation sites is 1. The lowest BCUT2D eigenvalue weighted by atomic mass is 10.1. The highest BCUT2D eigenvalue weighted by molar-refractivity contribution is 7.86. The highest BCUT2D eigenvalue weighted by Gasteiger charge is 2.30. The molecule has 0 bridgehead atoms. The Morgan fingerprint density at radius 1 is 0.829 bits per heavy atom. The molecule has 0 aliphatic rings. The second kappa shape index (κ2) is 11.8. The molecule has 0 fully saturated rings. The van der Waals surface area contributed by atoms with Crippen LogP contribution in [0.3, 0.4) is 0 Å². The van der Waals surface area contributed by atoms with Gasteiger partial charge in [-0.25, -0.2) is 4.79 Å². The maximum absolute atomic E-state index is 12.9. The van der Waals surface area contributed by atoms with Crippen molar-refractivity contribution in [2.24, 2.45) is 0 Å². The second-order valence-corrected chi connectivity index (χ2v) is 8.70. The van der Waals surface area contributed by atoms with Crippen LogP contribution >= 0.6 is 0 Å². The second-order valence-electron chi connectivity index (χ2n) is 7.09. The minimum Gasteiger partial charge on any atom is -0.460 e. The summed E-state index contributed by atoms with van der Waals surface area (Å²) in [6, 6.07) is 18.5. The Morgan fingerprint density at radius 2 is 1.51 bits per heavy atom. The first-order valence-corrected chi connectivity index (χ1v) is 11.8. The van der Waals surface area contributed by atoms with Crippen molar-refractivity contribution in [2.75, 3.05) is 31.7 Å². The summed E-state index contributed by atoms with van der Waals surface area (Å²) in [5.41, 5.74) is -0.256. The average Bonchev–Trinajstić information content (AvgIpc) is 2.84. The molecule has 3 aromatic carbocycles. The molecule has 0 saturated carbocycles. The molecule has 11 heteroatoms. The van der Waals surface area contributed by atoms with E-state index in [2.05, 4.69) is 5.32 Å². The highest BCUT2D eigenvalue weighted by atomic mass is 32.2. The SMILES string of the molecule is O=C(OCCOCCOS(=O)(=O)c1ccccc1)c1ccccc1Nc1cccc(C(F)(F)F)c1. The van der Waals surface area contributed by atoms with E-state index in [1.165, 1.54) is 36.4 Å². The van der Waals surface area contributed by atoms with Gasteiger partial charge in [-0.2, -0.15) is 21.6 Å². The molecule has 1 N–H and O–H groups in total. The van der Waals surface area contributed by atoms with Crippen LogP contribution in [-0.2, 0) is 30.0 Å². The zero-order chi connectivity index (χ0) is 25.3. The van der Waals surface area contributed by atoms with Crippen molar-refractivity contribution in [1.82, 2.24) is 0 Å². The molecule has 0 heterocycles. The molecule has 3 aromatic rings. The first kappa shape index (κ1) is 26.2. The number of rotatable bonds is 11. The van der Waals surface area contributed by atoms with Gasteiger partial charge in [0.15, 0.2) is 0 Å². The van der Waals surface area contributed by atoms with Crippen molar-refractivity contribution in [2.45, 2.75) is 11.1 Å². The number of carbonyl (C=O) groups excluding carboxylic acids is 1. The van der Waals surface area contributed by atoms with Gasteiger partial charge in [0.25, 0.3) is 10.1 Å². The molecule has 7 nitrogen and oxygen atoms in total. The van der Waals surface area contributed by atoms with Crippen LogP contribution in [0.15, 0.2) is 83.8 Å². The van der Waals surface area contributed by atoms with Crippen molar-refractivity contribution in [3.63, 3.8) is 0 Å². The fourth-order valence-corrected chi connectivity index (χ4v) is 3.84. The summed E-state index contributed by atoms with van der Waals surface area (Å²) < 4.78 is 78.1. The zero-order valence-corrected chi connectivity index (χ0v) is 19.1. The quantitative estimate of drug-likeness (QED) is 0.220. The molecule has 186 valence electrons. The molecule has 0 aliphatic heterocycles. The molecular formula is C24H22F3NO6S. The van der Waals surface area contributed by atoms with E-state index < -0.39 is 27.8 Å². The van der Waals surface area contributed by atoms with Crippen molar-refractivity contribution in [1.29, 1.82) is 0 Å². The van der Waals surface area contributed by atoms with Crippen LogP contribution in [0.1, 0.15) is 15.9 Å². The monoisotopic (exact) mass is 509 g/mol. The summed E-state index contributed by atoms with van der Waals surface area (Å²) in [6.07, 6.45) is -4.49. The molecule has 0 amide bonds. The Bertz CT molecular complexity index is 1230. The molecule has 35 heavy (non-hydrogen) atoms. The molecule has 0 aromatic heterocycles. The van der Waals surface area contributed by atoms with Crippen LogP contribution in [-0.4, -0.2) is 40.8 Å². The number of halogens is 3. The van der Waals surface area contributed by atoms with E-state index in [9.17, 15) is 26.4 Å². The van der Waals surface area contributed by atoms with E-state index in [1.54, 1.807) is 30.3 Å². The topological polar surface area (TPSA) is 90.9 Å². The Kier molecular flexibility index (Phi) is 8.85. The molecule has 0 unspecified atom stereocenters. The Labute approximate surface area is 200 Å². The molecule has 0 saturated heterocycles. The van der Waals surface area contributed by atoms with E-state index in [0.717, 1.165) is 12.1 Å². The first-order chi connectivity index (χ1) is 16.7. The van der Waals surface area contributed by atoms with Gasteiger partial charge < -0.3 is 14.8 Å². The Hall–Kier alpha value is -3.41. The summed E-state index contributed by atoms with van der Waals surface area (Å²) in [6.45, 7) is -0.391. The largest absolute Gasteiger partial charge is 0.460 e. The third-order valence-electron chi connectivity index (χ3n) is 4.57. The number of hydrogen-bond acceptors (Lipinski definition) is 7. The van der Waals surface area contributed by atoms with Gasteiger partial charge in [0.1, 0.15) is 6.61 Å². The summed E-state index contributed by atoms with van der Waals surface area (Å²) in [5.74, 6) is -0.702. The number of hydrogen-bond donors (Lipinski definition) is 1. The first-order valence-electron chi connectivity index (χ1n) is 10.4. The van der Waals surface area contributed by atoms with Gasteiger partial charge in [0.05, 0.1) is 41.5 Å². The maximum Gasteiger partial charge on any atom is 0.416 e. The highest BCUT2D eigenvalue weighted by Crippen LogP contribution is 2.32. The Balaban J connectivity index is 1.46. The van der Waals surface area contributed by atoms with Crippen molar-refractivity contribution in [3.05, 3.63) is 90.0 Å². The fourth-order valence-electron chi connectivity index (χ4n) is 2.93. The van der Waals surface area contributed by atoms with Crippen LogP contribution in [0.4, 0.5) is 24.5 Å². The molecule has 0 radical (unpaired) electrons. The van der Waals surface area contributed by atoms with Crippen LogP contribution in [0.2, 0.25) is 0 Å². The smallest absolute Gasteiger partial charge is 0.416 e. The van der Waals surface area contributed by atoms with E-state index in [1.807, 2.05) is 0 Å². The minimum absolute atomic E-state index is 0.0102. The minimum atomic E-state index is -4.49. The summed E-state index contributed by atoms with van der Waals surface area (Å²) in [7, 11) is -3.88. The normalized spacial score (nSPS) is 11.7. The van der Waals surface area contributed by atoms with Gasteiger partial charge >= 0.3 is 12.1 Å². The summed E-state index contributed by atoms with van der Waals surface area (Å²) >= 11 is 0. The number of anilines is 2. The standard InChI is InChI=1S/C24H22F3NO6S/c25-24(26,27)18-7-6-8-19(17-18)28-22-12-5-4-11-21(22)23(29)33-15-13-32-14-16-34-35(30,31)20-9-2-1-3-10-20/h1-12,17,28H,13-16H2. The third kappa shape index (κ3) is 7.81. The van der Waals surface area contributed by atoms with Gasteiger partial charge in [-0.05, 0) is 42.5 Å². The van der Waals surface area contributed by atoms with Crippen LogP contribution in [0.25, 0.3) is 0 Å². The van der Waals surface area contributed by atoms with Crippen LogP contribution < -0.4 is 5.32 Å². The number of esters is 1. The lowest BCUT2D eigenvalue weighted by Crippen LogP contribution is -2.15. The molecule has 3 rings (SSSR count). The predicted octanol–water partition coefficient (Wildman–Crippen LogP) is 5.03. The predicted molar refractivity (Wildman–Crippen MR) is 122 cm³/mol. The zero-order valence-electron chi connectivity index (χ0n) is 18.3. The van der Waals surface area contributed by atoms with Gasteiger partial charge in [-0.3, -0.25) is 4.18 Å². The lowest BCUT2D eigenvalue weighted by Gasteiger charge is -2.13. The van der Waals surface area contributed by atoms with Gasteiger partial charge in [0, 0.05) is 5.69 Å². The number of nitrogens with one attached hydrogen (secondary N) is 1. The molecular weight excluding hydrogens is 487 g/mol. The van der Waals surface area contributed by atoms with Gasteiger partial charge in [0.2, 0.25) is 0 Å². The maximum atomic E-state index is 12.9. The third-order valence-corrected chi connectivity index (χ3v) is 5.90. The van der Waals surface area contributed by atoms with Crippen molar-refractivity contribution >= 4 is 27.5 Å². The van der Waals surface area contributed by atoms with Crippen molar-refractivity contribution < 1.29 is 40.0 Å². The average molecular weight is 510 g/mol. The van der Waals surface area contributed by atoms with E-state index >= 15 is 0 Å². The number of alkyl halides is 3. The van der Waals surface area contributed by atoms with E-state index in [4.69, 9.17) is 13.7 Å². The Morgan fingerprint density at radius 3 is 2.26 bits per heavy atom. The van der Waals surface area contributed by atoms with Crippen LogP contribution in [0.5, 0.6) is 0 Å². The number of carbonyl (C=O) groups is 1. The molecule has 0 spiro atoms. The fraction of sp³-hybridized carbons (Fsp3) is 0.208. The number of benzene rings is 3.